The molecular formula is C16H26Si. The van der Waals surface area contributed by atoms with Crippen LogP contribution >= 0.6 is 0 Å². The zero-order valence-corrected chi connectivity index (χ0v) is 12.3. The molecule has 0 spiro atoms. The molecule has 0 saturated heterocycles. The van der Waals surface area contributed by atoms with Gasteiger partial charge in [-0.1, -0.05) is 81.6 Å². The third kappa shape index (κ3) is 3.70. The quantitative estimate of drug-likeness (QED) is 0.636. The Morgan fingerprint density at radius 2 is 1.94 bits per heavy atom. The van der Waals surface area contributed by atoms with Gasteiger partial charge in [-0.2, -0.15) is 0 Å². The predicted molar refractivity (Wildman–Crippen MR) is 79.3 cm³/mol. The third-order valence-corrected chi connectivity index (χ3v) is 8.40. The van der Waals surface area contributed by atoms with Gasteiger partial charge in [-0.25, -0.2) is 0 Å². The van der Waals surface area contributed by atoms with Crippen molar-refractivity contribution >= 4 is 8.07 Å². The molecule has 0 radical (unpaired) electrons. The molecule has 2 atom stereocenters. The van der Waals surface area contributed by atoms with Crippen LogP contribution in [0.4, 0.5) is 0 Å². The molecule has 0 bridgehead atoms. The maximum Gasteiger partial charge on any atom is 0.0508 e. The molecule has 1 aliphatic carbocycles. The van der Waals surface area contributed by atoms with Gasteiger partial charge in [-0.15, -0.1) is 0 Å². The molecule has 1 unspecified atom stereocenters. The van der Waals surface area contributed by atoms with Crippen molar-refractivity contribution in [2.75, 3.05) is 0 Å². The highest BCUT2D eigenvalue weighted by Crippen LogP contribution is 2.39. The second-order valence-corrected chi connectivity index (χ2v) is 11.3. The van der Waals surface area contributed by atoms with Crippen molar-refractivity contribution < 1.29 is 1.37 Å². The van der Waals surface area contributed by atoms with Crippen molar-refractivity contribution in [2.24, 2.45) is 0 Å². The van der Waals surface area contributed by atoms with Crippen LogP contribution in [0.3, 0.4) is 0 Å². The van der Waals surface area contributed by atoms with E-state index in [1.165, 1.54) is 37.3 Å². The first-order valence-electron chi connectivity index (χ1n) is 7.63. The lowest BCUT2D eigenvalue weighted by atomic mass is 10.0. The summed E-state index contributed by atoms with van der Waals surface area (Å²) in [4.78, 5) is 0. The summed E-state index contributed by atoms with van der Waals surface area (Å²) in [6.07, 6.45) is 6.56. The van der Waals surface area contributed by atoms with E-state index < -0.39 is 8.07 Å². The number of aryl methyl sites for hydroxylation is 1. The number of hydrogen-bond acceptors (Lipinski definition) is 0. The average Bonchev–Trinajstić information content (AvgIpc) is 2.38. The standard InChI is InChI=1S/C16H26Si/c1-17(2,16-11-7-4-8-12-16)14-13-15-9-5-3-6-10-15/h3,5-6,9-10,16H,4,7-8,11-14H2,1-2H3/i11D/t11-,16?/m0/s1. The smallest absolute Gasteiger partial charge is 0.0508 e. The zero-order valence-electron chi connectivity index (χ0n) is 12.3. The van der Waals surface area contributed by atoms with E-state index >= 15 is 0 Å². The Morgan fingerprint density at radius 3 is 2.65 bits per heavy atom. The van der Waals surface area contributed by atoms with E-state index in [2.05, 4.69) is 43.4 Å². The maximum absolute atomic E-state index is 8.30. The van der Waals surface area contributed by atoms with Gasteiger partial charge in [-0.05, 0) is 17.5 Å². The summed E-state index contributed by atoms with van der Waals surface area (Å²) in [5.74, 6) is 0. The van der Waals surface area contributed by atoms with Crippen LogP contribution in [-0.2, 0) is 6.42 Å². The Balaban J connectivity index is 1.94. The van der Waals surface area contributed by atoms with Gasteiger partial charge in [0.05, 0.1) is 8.07 Å². The van der Waals surface area contributed by atoms with Gasteiger partial charge >= 0.3 is 0 Å². The molecule has 0 heterocycles. The normalized spacial score (nSPS) is 26.6. The van der Waals surface area contributed by atoms with Gasteiger partial charge in [0.1, 0.15) is 0 Å². The fourth-order valence-electron chi connectivity index (χ4n) is 2.95. The second-order valence-electron chi connectivity index (χ2n) is 6.10. The highest BCUT2D eigenvalue weighted by atomic mass is 28.3. The summed E-state index contributed by atoms with van der Waals surface area (Å²) < 4.78 is 8.30. The van der Waals surface area contributed by atoms with Crippen molar-refractivity contribution in [2.45, 2.75) is 63.2 Å². The Morgan fingerprint density at radius 1 is 1.18 bits per heavy atom. The van der Waals surface area contributed by atoms with Crippen LogP contribution in [0.1, 0.15) is 39.0 Å². The van der Waals surface area contributed by atoms with Crippen molar-refractivity contribution in [3.8, 4) is 0 Å². The minimum absolute atomic E-state index is 0.233. The molecule has 1 fully saturated rings. The van der Waals surface area contributed by atoms with Crippen LogP contribution < -0.4 is 0 Å². The lowest BCUT2D eigenvalue weighted by molar-refractivity contribution is 0.490. The Labute approximate surface area is 109 Å². The van der Waals surface area contributed by atoms with Crippen LogP contribution in [0.15, 0.2) is 30.3 Å². The summed E-state index contributed by atoms with van der Waals surface area (Å²) in [6, 6.07) is 12.2. The lowest BCUT2D eigenvalue weighted by Gasteiger charge is -2.35. The largest absolute Gasteiger partial charge is 0.0691 e. The van der Waals surface area contributed by atoms with Crippen LogP contribution in [0.5, 0.6) is 0 Å². The fourth-order valence-corrected chi connectivity index (χ4v) is 6.05. The van der Waals surface area contributed by atoms with Gasteiger partial charge in [0.15, 0.2) is 0 Å². The minimum Gasteiger partial charge on any atom is -0.0691 e. The van der Waals surface area contributed by atoms with E-state index in [1.807, 2.05) is 0 Å². The summed E-state index contributed by atoms with van der Waals surface area (Å²) in [5, 5.41) is 0. The molecule has 17 heavy (non-hydrogen) atoms. The van der Waals surface area contributed by atoms with E-state index in [1.54, 1.807) is 0 Å². The van der Waals surface area contributed by atoms with E-state index in [4.69, 9.17) is 1.37 Å². The maximum atomic E-state index is 8.30. The topological polar surface area (TPSA) is 0 Å². The highest BCUT2D eigenvalue weighted by Gasteiger charge is 2.31. The zero-order chi connectivity index (χ0) is 13.0. The molecule has 1 aromatic rings. The minimum atomic E-state index is -1.24. The van der Waals surface area contributed by atoms with E-state index in [0.717, 1.165) is 12.0 Å². The molecular weight excluding hydrogens is 220 g/mol. The predicted octanol–water partition coefficient (Wildman–Crippen LogP) is 5.27. The molecule has 1 aliphatic rings. The molecule has 1 heteroatoms. The van der Waals surface area contributed by atoms with E-state index in [9.17, 15) is 0 Å². The number of hydrogen-bond donors (Lipinski definition) is 0. The van der Waals surface area contributed by atoms with Crippen molar-refractivity contribution in [3.63, 3.8) is 0 Å². The van der Waals surface area contributed by atoms with Crippen molar-refractivity contribution in [1.82, 2.24) is 0 Å². The fraction of sp³-hybridized carbons (Fsp3) is 0.625. The number of benzene rings is 1. The SMILES string of the molecule is [2H][C@H]1CCCCC1[Si](C)(C)CCc1ccccc1. The summed E-state index contributed by atoms with van der Waals surface area (Å²) in [7, 11) is -1.24. The molecule has 0 N–H and O–H groups in total. The highest BCUT2D eigenvalue weighted by molar-refractivity contribution is 6.78. The van der Waals surface area contributed by atoms with Crippen LogP contribution in [0, 0.1) is 0 Å². The summed E-state index contributed by atoms with van der Waals surface area (Å²) in [5.41, 5.74) is 2.20. The van der Waals surface area contributed by atoms with Crippen molar-refractivity contribution in [3.05, 3.63) is 35.9 Å². The van der Waals surface area contributed by atoms with Crippen LogP contribution in [0.2, 0.25) is 24.7 Å². The average molecular weight is 247 g/mol. The van der Waals surface area contributed by atoms with E-state index in [-0.39, 0.29) is 6.40 Å². The molecule has 1 saturated carbocycles. The second kappa shape index (κ2) is 5.86. The van der Waals surface area contributed by atoms with Gasteiger partial charge < -0.3 is 0 Å². The summed E-state index contributed by atoms with van der Waals surface area (Å²) in [6.45, 7) is 5.01. The van der Waals surface area contributed by atoms with Gasteiger partial charge in [0.25, 0.3) is 0 Å². The Kier molecular flexibility index (Phi) is 3.97. The Hall–Kier alpha value is -0.563. The van der Waals surface area contributed by atoms with Gasteiger partial charge in [-0.3, -0.25) is 0 Å². The van der Waals surface area contributed by atoms with Crippen LogP contribution in [0.25, 0.3) is 0 Å². The van der Waals surface area contributed by atoms with Gasteiger partial charge in [0.2, 0.25) is 0 Å². The van der Waals surface area contributed by atoms with Gasteiger partial charge in [0, 0.05) is 1.37 Å². The number of rotatable bonds is 4. The van der Waals surface area contributed by atoms with E-state index in [0.29, 0.717) is 0 Å². The van der Waals surface area contributed by atoms with Crippen molar-refractivity contribution in [1.29, 1.82) is 0 Å². The third-order valence-electron chi connectivity index (χ3n) is 4.33. The first-order chi connectivity index (χ1) is 8.59. The first kappa shape index (κ1) is 11.5. The molecule has 0 amide bonds. The molecule has 0 aliphatic heterocycles. The molecule has 0 aromatic heterocycles. The molecule has 94 valence electrons. The molecule has 0 nitrogen and oxygen atoms in total. The lowest BCUT2D eigenvalue weighted by Crippen LogP contribution is -2.34. The van der Waals surface area contributed by atoms with Crippen LogP contribution in [-0.4, -0.2) is 8.07 Å². The Bertz CT molecular complexity index is 361. The monoisotopic (exact) mass is 247 g/mol. The molecule has 2 rings (SSSR count). The summed E-state index contributed by atoms with van der Waals surface area (Å²) >= 11 is 0. The first-order valence-corrected chi connectivity index (χ1v) is 10.3. The molecule has 1 aromatic carbocycles.